The van der Waals surface area contributed by atoms with E-state index in [-0.39, 0.29) is 0 Å². The second-order valence-corrected chi connectivity index (χ2v) is 4.50. The number of halogens is 1. The minimum Gasteiger partial charge on any atom is -0.377 e. The Bertz CT molecular complexity index is 309. The number of benzene rings is 1. The highest BCUT2D eigenvalue weighted by atomic mass is 79.9. The molecule has 0 atom stereocenters. The molecule has 1 aromatic rings. The van der Waals surface area contributed by atoms with E-state index < -0.39 is 0 Å². The van der Waals surface area contributed by atoms with E-state index in [9.17, 15) is 0 Å². The number of rotatable bonds is 8. The van der Waals surface area contributed by atoms with Crippen LogP contribution >= 0.6 is 15.9 Å². The van der Waals surface area contributed by atoms with Crippen LogP contribution in [0.1, 0.15) is 30.4 Å². The van der Waals surface area contributed by atoms with Gasteiger partial charge < -0.3 is 4.74 Å². The Morgan fingerprint density at radius 1 is 1.19 bits per heavy atom. The van der Waals surface area contributed by atoms with Crippen LogP contribution in [0.2, 0.25) is 0 Å². The van der Waals surface area contributed by atoms with Crippen molar-refractivity contribution in [3.05, 3.63) is 42.0 Å². The van der Waals surface area contributed by atoms with Gasteiger partial charge in [-0.15, -0.1) is 0 Å². The van der Waals surface area contributed by atoms with Crippen LogP contribution in [0, 0.1) is 0 Å². The van der Waals surface area contributed by atoms with Gasteiger partial charge in [0.15, 0.2) is 0 Å². The summed E-state index contributed by atoms with van der Waals surface area (Å²) in [5, 5.41) is 1.09. The number of hydrogen-bond acceptors (Lipinski definition) is 1. The predicted molar refractivity (Wildman–Crippen MR) is 73.8 cm³/mol. The van der Waals surface area contributed by atoms with Crippen molar-refractivity contribution in [3.8, 4) is 0 Å². The van der Waals surface area contributed by atoms with E-state index in [2.05, 4.69) is 34.6 Å². The Morgan fingerprint density at radius 3 is 2.75 bits per heavy atom. The molecule has 0 aliphatic carbocycles. The zero-order chi connectivity index (χ0) is 11.6. The van der Waals surface area contributed by atoms with Gasteiger partial charge in [-0.2, -0.15) is 0 Å². The quantitative estimate of drug-likeness (QED) is 0.507. The van der Waals surface area contributed by atoms with Crippen LogP contribution in [0.3, 0.4) is 0 Å². The maximum absolute atomic E-state index is 5.65. The second-order valence-electron chi connectivity index (χ2n) is 3.71. The molecule has 16 heavy (non-hydrogen) atoms. The van der Waals surface area contributed by atoms with Gasteiger partial charge in [-0.1, -0.05) is 59.3 Å². The fraction of sp³-hybridized carbons (Fsp3) is 0.429. The molecule has 0 bridgehead atoms. The third-order valence-electron chi connectivity index (χ3n) is 2.45. The van der Waals surface area contributed by atoms with Crippen molar-refractivity contribution in [3.63, 3.8) is 0 Å². The lowest BCUT2D eigenvalue weighted by atomic mass is 10.1. The van der Waals surface area contributed by atoms with Gasteiger partial charge >= 0.3 is 0 Å². The Hall–Kier alpha value is -0.600. The second kappa shape index (κ2) is 8.54. The average molecular weight is 283 g/mol. The Balaban J connectivity index is 2.23. The molecule has 0 unspecified atom stereocenters. The molecule has 1 rings (SSSR count). The van der Waals surface area contributed by atoms with Crippen molar-refractivity contribution >= 4 is 22.0 Å². The molecule has 0 fully saturated rings. The molecule has 0 aliphatic rings. The molecule has 2 heteroatoms. The van der Waals surface area contributed by atoms with Gasteiger partial charge in [0.2, 0.25) is 0 Å². The molecule has 88 valence electrons. The van der Waals surface area contributed by atoms with Crippen LogP contribution in [-0.2, 0) is 11.3 Å². The van der Waals surface area contributed by atoms with Crippen LogP contribution in [0.25, 0.3) is 6.08 Å². The molecular weight excluding hydrogens is 264 g/mol. The largest absolute Gasteiger partial charge is 0.377 e. The summed E-state index contributed by atoms with van der Waals surface area (Å²) in [6.45, 7) is 5.34. The molecule has 0 radical (unpaired) electrons. The first kappa shape index (κ1) is 13.5. The summed E-state index contributed by atoms with van der Waals surface area (Å²) in [5.74, 6) is 0. The fourth-order valence-electron chi connectivity index (χ4n) is 1.52. The van der Waals surface area contributed by atoms with Gasteiger partial charge in [0.25, 0.3) is 0 Å². The van der Waals surface area contributed by atoms with Crippen LogP contribution < -0.4 is 0 Å². The van der Waals surface area contributed by atoms with E-state index in [0.717, 1.165) is 18.4 Å². The lowest BCUT2D eigenvalue weighted by Crippen LogP contribution is -1.97. The van der Waals surface area contributed by atoms with Gasteiger partial charge in [-0.05, 0) is 24.0 Å². The third-order valence-corrected chi connectivity index (χ3v) is 3.02. The molecule has 0 spiro atoms. The molecule has 0 aliphatic heterocycles. The minimum absolute atomic E-state index is 0.691. The molecule has 0 aromatic heterocycles. The van der Waals surface area contributed by atoms with E-state index in [1.54, 1.807) is 0 Å². The number of alkyl halides is 1. The number of ether oxygens (including phenoxy) is 1. The van der Waals surface area contributed by atoms with Crippen molar-refractivity contribution < 1.29 is 4.74 Å². The van der Waals surface area contributed by atoms with Crippen LogP contribution in [0.15, 0.2) is 30.8 Å². The van der Waals surface area contributed by atoms with Crippen molar-refractivity contribution in [2.24, 2.45) is 0 Å². The van der Waals surface area contributed by atoms with Crippen molar-refractivity contribution in [2.75, 3.05) is 11.9 Å². The maximum Gasteiger partial charge on any atom is 0.0722 e. The standard InChI is InChI=1S/C14H19BrO/c1-2-13-8-4-5-9-14(13)12-16-11-7-3-6-10-15/h2,4-5,8-9H,1,3,6-7,10-12H2. The van der Waals surface area contributed by atoms with Crippen LogP contribution in [0.5, 0.6) is 0 Å². The Labute approximate surface area is 107 Å². The molecule has 1 nitrogen and oxygen atoms in total. The zero-order valence-corrected chi connectivity index (χ0v) is 11.2. The SMILES string of the molecule is C=Cc1ccccc1COCCCCCBr. The Morgan fingerprint density at radius 2 is 2.00 bits per heavy atom. The molecule has 1 aromatic carbocycles. The van der Waals surface area contributed by atoms with Gasteiger partial charge in [0, 0.05) is 11.9 Å². The summed E-state index contributed by atoms with van der Waals surface area (Å²) in [5.41, 5.74) is 2.39. The monoisotopic (exact) mass is 282 g/mol. The van der Waals surface area contributed by atoms with Crippen LogP contribution in [0.4, 0.5) is 0 Å². The average Bonchev–Trinajstić information content (AvgIpc) is 2.34. The first-order chi connectivity index (χ1) is 7.88. The minimum atomic E-state index is 0.691. The van der Waals surface area contributed by atoms with Gasteiger partial charge in [0.1, 0.15) is 0 Å². The highest BCUT2D eigenvalue weighted by Crippen LogP contribution is 2.11. The van der Waals surface area contributed by atoms with Crippen LogP contribution in [-0.4, -0.2) is 11.9 Å². The molecular formula is C14H19BrO. The lowest BCUT2D eigenvalue weighted by Gasteiger charge is -2.07. The van der Waals surface area contributed by atoms with E-state index in [1.165, 1.54) is 24.0 Å². The highest BCUT2D eigenvalue weighted by Gasteiger charge is 1.97. The lowest BCUT2D eigenvalue weighted by molar-refractivity contribution is 0.117. The van der Waals surface area contributed by atoms with E-state index in [0.29, 0.717) is 6.61 Å². The molecule has 0 saturated carbocycles. The first-order valence-electron chi connectivity index (χ1n) is 5.72. The first-order valence-corrected chi connectivity index (χ1v) is 6.84. The van der Waals surface area contributed by atoms with Gasteiger partial charge in [0.05, 0.1) is 6.61 Å². The molecule has 0 heterocycles. The summed E-state index contributed by atoms with van der Waals surface area (Å²) < 4.78 is 5.65. The zero-order valence-electron chi connectivity index (χ0n) is 9.62. The topological polar surface area (TPSA) is 9.23 Å². The van der Waals surface area contributed by atoms with Crippen molar-refractivity contribution in [1.82, 2.24) is 0 Å². The number of hydrogen-bond donors (Lipinski definition) is 0. The normalized spacial score (nSPS) is 10.3. The summed E-state index contributed by atoms with van der Waals surface area (Å²) in [6.07, 6.45) is 5.48. The molecule has 0 amide bonds. The Kier molecular flexibility index (Phi) is 7.19. The smallest absolute Gasteiger partial charge is 0.0722 e. The van der Waals surface area contributed by atoms with E-state index in [1.807, 2.05) is 18.2 Å². The number of unbranched alkanes of at least 4 members (excludes halogenated alkanes) is 2. The highest BCUT2D eigenvalue weighted by molar-refractivity contribution is 9.09. The summed E-state index contributed by atoms with van der Waals surface area (Å²) in [4.78, 5) is 0. The predicted octanol–water partition coefficient (Wildman–Crippen LogP) is 4.41. The molecule has 0 N–H and O–H groups in total. The summed E-state index contributed by atoms with van der Waals surface area (Å²) in [7, 11) is 0. The van der Waals surface area contributed by atoms with E-state index in [4.69, 9.17) is 4.74 Å². The molecule has 0 saturated heterocycles. The summed E-state index contributed by atoms with van der Waals surface area (Å²) >= 11 is 3.42. The summed E-state index contributed by atoms with van der Waals surface area (Å²) in [6, 6.07) is 8.22. The van der Waals surface area contributed by atoms with Gasteiger partial charge in [-0.3, -0.25) is 0 Å². The van der Waals surface area contributed by atoms with Crippen molar-refractivity contribution in [2.45, 2.75) is 25.9 Å². The third kappa shape index (κ3) is 4.95. The van der Waals surface area contributed by atoms with E-state index >= 15 is 0 Å². The maximum atomic E-state index is 5.65. The van der Waals surface area contributed by atoms with Crippen molar-refractivity contribution in [1.29, 1.82) is 0 Å². The fourth-order valence-corrected chi connectivity index (χ4v) is 1.92. The van der Waals surface area contributed by atoms with Gasteiger partial charge in [-0.25, -0.2) is 0 Å².